The summed E-state index contributed by atoms with van der Waals surface area (Å²) >= 11 is 0. The lowest BCUT2D eigenvalue weighted by atomic mass is 9.84. The van der Waals surface area contributed by atoms with Crippen molar-refractivity contribution in [3.05, 3.63) is 0 Å². The average Bonchev–Trinajstić information content (AvgIpc) is 2.30. The first kappa shape index (κ1) is 16.0. The lowest BCUT2D eigenvalue weighted by Gasteiger charge is -2.45. The molecule has 0 aromatic rings. The molecular weight excluding hydrogens is 220 g/mol. The number of nitrogens with one attached hydrogen (secondary N) is 1. The molecule has 1 saturated heterocycles. The zero-order valence-electron chi connectivity index (χ0n) is 13.4. The highest BCUT2D eigenvalue weighted by Gasteiger charge is 2.31. The van der Waals surface area contributed by atoms with Crippen molar-refractivity contribution in [3.63, 3.8) is 0 Å². The Morgan fingerprint density at radius 1 is 1.22 bits per heavy atom. The summed E-state index contributed by atoms with van der Waals surface area (Å²) in [5.41, 5.74) is 0. The maximum atomic E-state index is 3.61. The van der Waals surface area contributed by atoms with Crippen molar-refractivity contribution >= 4 is 0 Å². The molecule has 0 aromatic heterocycles. The summed E-state index contributed by atoms with van der Waals surface area (Å²) in [5.74, 6) is 1.70. The average molecular weight is 254 g/mol. The first-order valence-corrected chi connectivity index (χ1v) is 7.94. The second kappa shape index (κ2) is 7.49. The molecule has 18 heavy (non-hydrogen) atoms. The Hall–Kier alpha value is -0.0800. The van der Waals surface area contributed by atoms with Crippen LogP contribution in [0.3, 0.4) is 0 Å². The van der Waals surface area contributed by atoms with Crippen LogP contribution in [0.25, 0.3) is 0 Å². The molecule has 1 aliphatic heterocycles. The number of rotatable bonds is 6. The van der Waals surface area contributed by atoms with E-state index in [1.807, 2.05) is 0 Å². The van der Waals surface area contributed by atoms with Crippen LogP contribution in [0.15, 0.2) is 0 Å². The maximum Gasteiger partial charge on any atom is 0.00956 e. The first-order valence-electron chi connectivity index (χ1n) is 7.94. The van der Waals surface area contributed by atoms with Crippen LogP contribution in [0.2, 0.25) is 0 Å². The molecule has 1 fully saturated rings. The minimum atomic E-state index is 0.639. The summed E-state index contributed by atoms with van der Waals surface area (Å²) in [6.45, 7) is 16.6. The van der Waals surface area contributed by atoms with Crippen LogP contribution in [0, 0.1) is 11.8 Å². The predicted octanol–water partition coefficient (Wildman–Crippen LogP) is 3.52. The van der Waals surface area contributed by atoms with Gasteiger partial charge in [-0.25, -0.2) is 0 Å². The Morgan fingerprint density at radius 2 is 1.89 bits per heavy atom. The minimum absolute atomic E-state index is 0.639. The largest absolute Gasteiger partial charge is 0.314 e. The van der Waals surface area contributed by atoms with E-state index in [0.29, 0.717) is 12.1 Å². The standard InChI is InChI=1S/C16H34N2/c1-7-8-17-14(4)10-15(5)18-11-12(2)9-13(3)16(18)6/h12-17H,7-11H2,1-6H3. The van der Waals surface area contributed by atoms with Crippen LogP contribution < -0.4 is 5.32 Å². The van der Waals surface area contributed by atoms with Crippen molar-refractivity contribution in [2.75, 3.05) is 13.1 Å². The minimum Gasteiger partial charge on any atom is -0.314 e. The van der Waals surface area contributed by atoms with Gasteiger partial charge in [0.25, 0.3) is 0 Å². The zero-order valence-corrected chi connectivity index (χ0v) is 13.4. The molecule has 0 saturated carbocycles. The molecule has 0 aliphatic carbocycles. The van der Waals surface area contributed by atoms with Gasteiger partial charge in [-0.1, -0.05) is 20.8 Å². The van der Waals surface area contributed by atoms with E-state index in [4.69, 9.17) is 0 Å². The third-order valence-corrected chi connectivity index (χ3v) is 4.65. The maximum absolute atomic E-state index is 3.61. The number of piperidine rings is 1. The molecule has 1 heterocycles. The molecule has 5 atom stereocenters. The quantitative estimate of drug-likeness (QED) is 0.780. The third-order valence-electron chi connectivity index (χ3n) is 4.65. The molecule has 0 radical (unpaired) electrons. The number of hydrogen-bond acceptors (Lipinski definition) is 2. The van der Waals surface area contributed by atoms with Gasteiger partial charge in [-0.15, -0.1) is 0 Å². The molecule has 0 amide bonds. The van der Waals surface area contributed by atoms with E-state index < -0.39 is 0 Å². The highest BCUT2D eigenvalue weighted by atomic mass is 15.2. The van der Waals surface area contributed by atoms with E-state index in [1.165, 1.54) is 25.8 Å². The molecule has 5 unspecified atom stereocenters. The van der Waals surface area contributed by atoms with E-state index in [9.17, 15) is 0 Å². The fraction of sp³-hybridized carbons (Fsp3) is 1.00. The lowest BCUT2D eigenvalue weighted by molar-refractivity contribution is 0.0404. The SMILES string of the molecule is CCCNC(C)CC(C)N1CC(C)CC(C)C1C. The fourth-order valence-electron chi connectivity index (χ4n) is 3.46. The molecule has 1 N–H and O–H groups in total. The van der Waals surface area contributed by atoms with Gasteiger partial charge in [0.05, 0.1) is 0 Å². The molecule has 0 spiro atoms. The number of likely N-dealkylation sites (tertiary alicyclic amines) is 1. The van der Waals surface area contributed by atoms with Gasteiger partial charge in [-0.05, 0) is 58.4 Å². The van der Waals surface area contributed by atoms with Gasteiger partial charge in [0.2, 0.25) is 0 Å². The van der Waals surface area contributed by atoms with Crippen molar-refractivity contribution in [2.24, 2.45) is 11.8 Å². The number of nitrogens with zero attached hydrogens (tertiary/aromatic N) is 1. The molecule has 0 bridgehead atoms. The van der Waals surface area contributed by atoms with Crippen LogP contribution in [0.5, 0.6) is 0 Å². The summed E-state index contributed by atoms with van der Waals surface area (Å²) in [6.07, 6.45) is 3.89. The van der Waals surface area contributed by atoms with Gasteiger partial charge >= 0.3 is 0 Å². The van der Waals surface area contributed by atoms with E-state index in [2.05, 4.69) is 51.8 Å². The van der Waals surface area contributed by atoms with Gasteiger partial charge in [0, 0.05) is 24.7 Å². The topological polar surface area (TPSA) is 15.3 Å². The highest BCUT2D eigenvalue weighted by Crippen LogP contribution is 2.29. The number of hydrogen-bond donors (Lipinski definition) is 1. The Bertz CT molecular complexity index is 229. The summed E-state index contributed by atoms with van der Waals surface area (Å²) < 4.78 is 0. The van der Waals surface area contributed by atoms with Gasteiger partial charge in [-0.3, -0.25) is 4.90 Å². The van der Waals surface area contributed by atoms with Crippen LogP contribution in [0.1, 0.15) is 60.8 Å². The fourth-order valence-corrected chi connectivity index (χ4v) is 3.46. The first-order chi connectivity index (χ1) is 8.45. The van der Waals surface area contributed by atoms with Crippen LogP contribution in [-0.2, 0) is 0 Å². The van der Waals surface area contributed by atoms with E-state index in [0.717, 1.165) is 24.4 Å². The monoisotopic (exact) mass is 254 g/mol. The summed E-state index contributed by atoms with van der Waals surface area (Å²) in [6, 6.07) is 2.08. The van der Waals surface area contributed by atoms with Crippen molar-refractivity contribution in [3.8, 4) is 0 Å². The second-order valence-electron chi connectivity index (χ2n) is 6.70. The predicted molar refractivity (Wildman–Crippen MR) is 80.9 cm³/mol. The Balaban J connectivity index is 2.46. The van der Waals surface area contributed by atoms with Crippen molar-refractivity contribution in [2.45, 2.75) is 78.9 Å². The van der Waals surface area contributed by atoms with Crippen LogP contribution >= 0.6 is 0 Å². The normalized spacial score (nSPS) is 33.3. The van der Waals surface area contributed by atoms with Gasteiger partial charge < -0.3 is 5.32 Å². The van der Waals surface area contributed by atoms with Gasteiger partial charge in [-0.2, -0.15) is 0 Å². The van der Waals surface area contributed by atoms with Crippen LogP contribution in [-0.4, -0.2) is 36.1 Å². The lowest BCUT2D eigenvalue weighted by Crippen LogP contribution is -2.51. The molecular formula is C16H34N2. The highest BCUT2D eigenvalue weighted by molar-refractivity contribution is 4.86. The Morgan fingerprint density at radius 3 is 2.50 bits per heavy atom. The Kier molecular flexibility index (Phi) is 6.65. The zero-order chi connectivity index (χ0) is 13.7. The molecule has 0 aromatic carbocycles. The summed E-state index contributed by atoms with van der Waals surface area (Å²) in [5, 5.41) is 3.61. The molecule has 108 valence electrons. The van der Waals surface area contributed by atoms with E-state index in [-0.39, 0.29) is 0 Å². The second-order valence-corrected chi connectivity index (χ2v) is 6.70. The summed E-state index contributed by atoms with van der Waals surface area (Å²) in [4.78, 5) is 2.74. The Labute approximate surface area is 115 Å². The summed E-state index contributed by atoms with van der Waals surface area (Å²) in [7, 11) is 0. The smallest absolute Gasteiger partial charge is 0.00956 e. The van der Waals surface area contributed by atoms with Gasteiger partial charge in [0.1, 0.15) is 0 Å². The van der Waals surface area contributed by atoms with Crippen LogP contribution in [0.4, 0.5) is 0 Å². The van der Waals surface area contributed by atoms with E-state index in [1.54, 1.807) is 0 Å². The van der Waals surface area contributed by atoms with Crippen molar-refractivity contribution in [1.29, 1.82) is 0 Å². The van der Waals surface area contributed by atoms with Gasteiger partial charge in [0.15, 0.2) is 0 Å². The van der Waals surface area contributed by atoms with Crippen molar-refractivity contribution in [1.82, 2.24) is 10.2 Å². The third kappa shape index (κ3) is 4.55. The molecule has 2 heteroatoms. The van der Waals surface area contributed by atoms with Crippen molar-refractivity contribution < 1.29 is 0 Å². The van der Waals surface area contributed by atoms with E-state index >= 15 is 0 Å². The molecule has 1 rings (SSSR count). The molecule has 2 nitrogen and oxygen atoms in total. The molecule has 1 aliphatic rings.